The van der Waals surface area contributed by atoms with Gasteiger partial charge in [0.25, 0.3) is 0 Å². The normalized spacial score (nSPS) is 17.3. The first-order valence-electron chi connectivity index (χ1n) is 6.04. The summed E-state index contributed by atoms with van der Waals surface area (Å²) in [7, 11) is 1.46. The van der Waals surface area contributed by atoms with Gasteiger partial charge in [0, 0.05) is 25.7 Å². The van der Waals surface area contributed by atoms with E-state index in [9.17, 15) is 4.79 Å². The highest BCUT2D eigenvalue weighted by Gasteiger charge is 2.34. The fourth-order valence-corrected chi connectivity index (χ4v) is 2.06. The number of carbonyl (C=O) groups excluding carboxylic acids is 1. The van der Waals surface area contributed by atoms with Gasteiger partial charge in [-0.25, -0.2) is 0 Å². The minimum absolute atomic E-state index is 0.124. The molecule has 4 nitrogen and oxygen atoms in total. The molecule has 1 aliphatic heterocycles. The van der Waals surface area contributed by atoms with Gasteiger partial charge in [-0.05, 0) is 26.8 Å². The second-order valence-corrected chi connectivity index (χ2v) is 5.16. The molecule has 1 aliphatic rings. The maximum absolute atomic E-state index is 11.6. The number of ether oxygens (including phenoxy) is 1. The van der Waals surface area contributed by atoms with Crippen LogP contribution in [0.3, 0.4) is 0 Å². The minimum Gasteiger partial charge on any atom is -0.469 e. The molecule has 0 atom stereocenters. The molecule has 0 unspecified atom stereocenters. The van der Waals surface area contributed by atoms with Gasteiger partial charge in [0.15, 0.2) is 0 Å². The van der Waals surface area contributed by atoms with E-state index in [4.69, 9.17) is 4.74 Å². The average Bonchev–Trinajstić information content (AvgIpc) is 2.13. The summed E-state index contributed by atoms with van der Waals surface area (Å²) in [6.45, 7) is 9.98. The number of carbonyl (C=O) groups is 1. The zero-order chi connectivity index (χ0) is 12.2. The highest BCUT2D eigenvalue weighted by Crippen LogP contribution is 2.21. The van der Waals surface area contributed by atoms with Crippen LogP contribution in [0.5, 0.6) is 0 Å². The van der Waals surface area contributed by atoms with E-state index in [1.807, 2.05) is 13.8 Å². The number of rotatable bonds is 6. The Morgan fingerprint density at radius 1 is 1.50 bits per heavy atom. The summed E-state index contributed by atoms with van der Waals surface area (Å²) >= 11 is 0. The van der Waals surface area contributed by atoms with Crippen molar-refractivity contribution in [1.29, 1.82) is 0 Å². The van der Waals surface area contributed by atoms with Crippen LogP contribution in [0, 0.1) is 5.41 Å². The Morgan fingerprint density at radius 2 is 2.12 bits per heavy atom. The molecule has 0 aromatic heterocycles. The van der Waals surface area contributed by atoms with Gasteiger partial charge in [0.2, 0.25) is 0 Å². The minimum atomic E-state index is -0.417. The Hall–Kier alpha value is -0.610. The van der Waals surface area contributed by atoms with Gasteiger partial charge in [-0.15, -0.1) is 0 Å². The molecule has 16 heavy (non-hydrogen) atoms. The third-order valence-electron chi connectivity index (χ3n) is 3.12. The number of hydrogen-bond donors (Lipinski definition) is 1. The lowest BCUT2D eigenvalue weighted by molar-refractivity contribution is -0.152. The summed E-state index contributed by atoms with van der Waals surface area (Å²) in [5.41, 5.74) is -0.417. The first kappa shape index (κ1) is 13.5. The molecule has 94 valence electrons. The maximum Gasteiger partial charge on any atom is 0.312 e. The van der Waals surface area contributed by atoms with Crippen LogP contribution >= 0.6 is 0 Å². The van der Waals surface area contributed by atoms with E-state index in [1.165, 1.54) is 7.11 Å². The van der Waals surface area contributed by atoms with Gasteiger partial charge in [-0.2, -0.15) is 0 Å². The van der Waals surface area contributed by atoms with E-state index < -0.39 is 5.41 Å². The molecule has 0 saturated carbocycles. The van der Waals surface area contributed by atoms with Crippen LogP contribution in [0.25, 0.3) is 0 Å². The molecule has 1 N–H and O–H groups in total. The quantitative estimate of drug-likeness (QED) is 0.685. The van der Waals surface area contributed by atoms with Gasteiger partial charge in [-0.1, -0.05) is 6.92 Å². The van der Waals surface area contributed by atoms with E-state index in [0.29, 0.717) is 6.04 Å². The predicted molar refractivity (Wildman–Crippen MR) is 64.3 cm³/mol. The van der Waals surface area contributed by atoms with Crippen molar-refractivity contribution < 1.29 is 9.53 Å². The van der Waals surface area contributed by atoms with Gasteiger partial charge in [-0.3, -0.25) is 9.69 Å². The molecule has 0 aliphatic carbocycles. The number of methoxy groups -OCH3 is 1. The third-order valence-corrected chi connectivity index (χ3v) is 3.12. The summed E-state index contributed by atoms with van der Waals surface area (Å²) in [6.07, 6.45) is 1.12. The van der Waals surface area contributed by atoms with E-state index in [0.717, 1.165) is 32.6 Å². The first-order valence-corrected chi connectivity index (χ1v) is 6.04. The third kappa shape index (κ3) is 3.19. The monoisotopic (exact) mass is 228 g/mol. The standard InChI is InChI=1S/C12H24N2O2/c1-5-6-14(10-7-13-8-10)9-12(2,3)11(15)16-4/h10,13H,5-9H2,1-4H3. The summed E-state index contributed by atoms with van der Waals surface area (Å²) < 4.78 is 4.84. The Labute approximate surface area is 98.3 Å². The molecule has 0 aromatic rings. The second-order valence-electron chi connectivity index (χ2n) is 5.16. The summed E-state index contributed by atoms with van der Waals surface area (Å²) in [5, 5.41) is 3.27. The second kappa shape index (κ2) is 5.64. The number of nitrogens with one attached hydrogen (secondary N) is 1. The van der Waals surface area contributed by atoms with Crippen molar-refractivity contribution in [2.45, 2.75) is 33.2 Å². The SMILES string of the molecule is CCCN(CC(C)(C)C(=O)OC)C1CNC1. The molecule has 1 heterocycles. The van der Waals surface area contributed by atoms with Crippen LogP contribution in [0.1, 0.15) is 27.2 Å². The van der Waals surface area contributed by atoms with Crippen LogP contribution in [0.4, 0.5) is 0 Å². The molecule has 4 heteroatoms. The Kier molecular flexibility index (Phi) is 4.74. The lowest BCUT2D eigenvalue weighted by Crippen LogP contribution is -2.59. The summed E-state index contributed by atoms with van der Waals surface area (Å²) in [6, 6.07) is 0.587. The molecule has 0 aromatic carbocycles. The van der Waals surface area contributed by atoms with Crippen molar-refractivity contribution in [3.63, 3.8) is 0 Å². The molecule has 1 fully saturated rings. The zero-order valence-electron chi connectivity index (χ0n) is 10.9. The van der Waals surface area contributed by atoms with Crippen LogP contribution in [-0.4, -0.2) is 50.2 Å². The Morgan fingerprint density at radius 3 is 2.50 bits per heavy atom. The highest BCUT2D eigenvalue weighted by atomic mass is 16.5. The molecular weight excluding hydrogens is 204 g/mol. The molecule has 1 saturated heterocycles. The van der Waals surface area contributed by atoms with Crippen molar-refractivity contribution in [2.24, 2.45) is 5.41 Å². The summed E-state index contributed by atoms with van der Waals surface area (Å²) in [4.78, 5) is 14.0. The van der Waals surface area contributed by atoms with Gasteiger partial charge < -0.3 is 10.1 Å². The fourth-order valence-electron chi connectivity index (χ4n) is 2.06. The zero-order valence-corrected chi connectivity index (χ0v) is 10.9. The predicted octanol–water partition coefficient (Wildman–Crippen LogP) is 0.869. The van der Waals surface area contributed by atoms with Gasteiger partial charge >= 0.3 is 5.97 Å². The molecule has 0 spiro atoms. The molecule has 0 bridgehead atoms. The number of hydrogen-bond acceptors (Lipinski definition) is 4. The van der Waals surface area contributed by atoms with Crippen molar-refractivity contribution in [3.8, 4) is 0 Å². The lowest BCUT2D eigenvalue weighted by Gasteiger charge is -2.41. The highest BCUT2D eigenvalue weighted by molar-refractivity contribution is 5.76. The van der Waals surface area contributed by atoms with E-state index in [-0.39, 0.29) is 5.97 Å². The average molecular weight is 228 g/mol. The van der Waals surface area contributed by atoms with Crippen LogP contribution < -0.4 is 5.32 Å². The fraction of sp³-hybridized carbons (Fsp3) is 0.917. The van der Waals surface area contributed by atoms with Gasteiger partial charge in [0.1, 0.15) is 0 Å². The van der Waals surface area contributed by atoms with Crippen molar-refractivity contribution in [1.82, 2.24) is 10.2 Å². The van der Waals surface area contributed by atoms with Crippen LogP contribution in [0.15, 0.2) is 0 Å². The molecule has 1 rings (SSSR count). The molecule has 0 radical (unpaired) electrons. The largest absolute Gasteiger partial charge is 0.469 e. The smallest absolute Gasteiger partial charge is 0.312 e. The van der Waals surface area contributed by atoms with Crippen molar-refractivity contribution in [2.75, 3.05) is 33.3 Å². The number of esters is 1. The Bertz CT molecular complexity index is 237. The van der Waals surface area contributed by atoms with Crippen LogP contribution in [0.2, 0.25) is 0 Å². The van der Waals surface area contributed by atoms with Crippen molar-refractivity contribution in [3.05, 3.63) is 0 Å². The molecular formula is C12H24N2O2. The lowest BCUT2D eigenvalue weighted by atomic mass is 9.91. The Balaban J connectivity index is 2.55. The summed E-state index contributed by atoms with van der Waals surface area (Å²) in [5.74, 6) is -0.124. The maximum atomic E-state index is 11.6. The number of nitrogens with zero attached hydrogens (tertiary/aromatic N) is 1. The first-order chi connectivity index (χ1) is 7.51. The van der Waals surface area contributed by atoms with E-state index >= 15 is 0 Å². The molecule has 0 amide bonds. The van der Waals surface area contributed by atoms with Crippen LogP contribution in [-0.2, 0) is 9.53 Å². The van der Waals surface area contributed by atoms with E-state index in [2.05, 4.69) is 17.1 Å². The van der Waals surface area contributed by atoms with E-state index in [1.54, 1.807) is 0 Å². The van der Waals surface area contributed by atoms with Crippen molar-refractivity contribution >= 4 is 5.97 Å². The topological polar surface area (TPSA) is 41.6 Å². The van der Waals surface area contributed by atoms with Gasteiger partial charge in [0.05, 0.1) is 12.5 Å².